The Bertz CT molecular complexity index is 617. The van der Waals surface area contributed by atoms with Crippen molar-refractivity contribution >= 4 is 40.3 Å². The fourth-order valence-corrected chi connectivity index (χ4v) is 3.46. The topological polar surface area (TPSA) is 17.1 Å². The van der Waals surface area contributed by atoms with Crippen LogP contribution in [0, 0.1) is 0 Å². The van der Waals surface area contributed by atoms with E-state index < -0.39 is 0 Å². The highest BCUT2D eigenvalue weighted by atomic mass is 35.5. The van der Waals surface area contributed by atoms with Crippen LogP contribution >= 0.6 is 34.5 Å². The second-order valence-corrected chi connectivity index (χ2v) is 6.55. The Morgan fingerprint density at radius 2 is 1.84 bits per heavy atom. The summed E-state index contributed by atoms with van der Waals surface area (Å²) in [5.41, 5.74) is 3.43. The van der Waals surface area contributed by atoms with E-state index in [1.54, 1.807) is 6.07 Å². The summed E-state index contributed by atoms with van der Waals surface area (Å²) in [6.07, 6.45) is 1.73. The van der Waals surface area contributed by atoms with Gasteiger partial charge in [0.25, 0.3) is 0 Å². The monoisotopic (exact) mass is 312 g/mol. The predicted octanol–water partition coefficient (Wildman–Crippen LogP) is 5.41. The lowest BCUT2D eigenvalue weighted by atomic mass is 9.95. The number of carbonyl (C=O) groups excluding carboxylic acids is 1. The molecular weight excluding hydrogens is 299 g/mol. The van der Waals surface area contributed by atoms with Crippen LogP contribution in [0.1, 0.15) is 40.9 Å². The third-order valence-electron chi connectivity index (χ3n) is 3.11. The standard InChI is InChI=1S/C15H14Cl2OS/c1-3-9-5-6-10(4-2)11(7-9)14(18)12-8-13(16)19-15(12)17/h5-8H,3-4H2,1-2H3. The van der Waals surface area contributed by atoms with Gasteiger partial charge in [0.1, 0.15) is 4.34 Å². The molecule has 100 valence electrons. The number of benzene rings is 1. The number of hydrogen-bond donors (Lipinski definition) is 0. The minimum absolute atomic E-state index is 0.0414. The van der Waals surface area contributed by atoms with Gasteiger partial charge >= 0.3 is 0 Å². The van der Waals surface area contributed by atoms with Gasteiger partial charge in [-0.15, -0.1) is 11.3 Å². The van der Waals surface area contributed by atoms with Crippen LogP contribution in [-0.4, -0.2) is 5.78 Å². The molecule has 0 radical (unpaired) electrons. The predicted molar refractivity (Wildman–Crippen MR) is 83.0 cm³/mol. The van der Waals surface area contributed by atoms with Crippen LogP contribution in [-0.2, 0) is 12.8 Å². The van der Waals surface area contributed by atoms with Crippen LogP contribution in [0.25, 0.3) is 0 Å². The molecule has 0 unspecified atom stereocenters. The summed E-state index contributed by atoms with van der Waals surface area (Å²) in [4.78, 5) is 12.6. The Labute approximate surface area is 127 Å². The van der Waals surface area contributed by atoms with Crippen LogP contribution in [0.4, 0.5) is 0 Å². The fourth-order valence-electron chi connectivity index (χ4n) is 2.00. The van der Waals surface area contributed by atoms with E-state index in [4.69, 9.17) is 23.2 Å². The zero-order valence-corrected chi connectivity index (χ0v) is 13.1. The smallest absolute Gasteiger partial charge is 0.195 e. The van der Waals surface area contributed by atoms with Gasteiger partial charge in [-0.05, 0) is 36.1 Å². The molecule has 1 aromatic carbocycles. The van der Waals surface area contributed by atoms with E-state index in [0.717, 1.165) is 29.5 Å². The Kier molecular flexibility index (Phi) is 4.67. The van der Waals surface area contributed by atoms with Crippen LogP contribution in [0.2, 0.25) is 8.67 Å². The Morgan fingerprint density at radius 3 is 2.37 bits per heavy atom. The number of hydrogen-bond acceptors (Lipinski definition) is 2. The van der Waals surface area contributed by atoms with E-state index in [0.29, 0.717) is 14.2 Å². The van der Waals surface area contributed by atoms with Crippen molar-refractivity contribution in [3.63, 3.8) is 0 Å². The van der Waals surface area contributed by atoms with Crippen molar-refractivity contribution in [2.45, 2.75) is 26.7 Å². The van der Waals surface area contributed by atoms with E-state index in [9.17, 15) is 4.79 Å². The molecule has 1 aromatic heterocycles. The Balaban J connectivity index is 2.51. The molecule has 0 aliphatic carbocycles. The third kappa shape index (κ3) is 3.02. The number of halogens is 2. The van der Waals surface area contributed by atoms with Crippen molar-refractivity contribution in [3.05, 3.63) is 55.2 Å². The second kappa shape index (κ2) is 6.08. The number of thiophene rings is 1. The molecular formula is C15H14Cl2OS. The zero-order valence-electron chi connectivity index (χ0n) is 10.8. The first-order valence-corrected chi connectivity index (χ1v) is 7.75. The largest absolute Gasteiger partial charge is 0.289 e. The average Bonchev–Trinajstić information content (AvgIpc) is 2.76. The zero-order chi connectivity index (χ0) is 14.0. The van der Waals surface area contributed by atoms with Gasteiger partial charge in [0.05, 0.1) is 9.90 Å². The van der Waals surface area contributed by atoms with Crippen LogP contribution in [0.3, 0.4) is 0 Å². The van der Waals surface area contributed by atoms with Gasteiger partial charge in [-0.1, -0.05) is 49.2 Å². The fraction of sp³-hybridized carbons (Fsp3) is 0.267. The van der Waals surface area contributed by atoms with E-state index in [-0.39, 0.29) is 5.78 Å². The first-order chi connectivity index (χ1) is 9.06. The molecule has 0 atom stereocenters. The van der Waals surface area contributed by atoms with E-state index in [1.807, 2.05) is 19.1 Å². The summed E-state index contributed by atoms with van der Waals surface area (Å²) in [7, 11) is 0. The summed E-state index contributed by atoms with van der Waals surface area (Å²) >= 11 is 13.2. The number of aryl methyl sites for hydroxylation is 2. The SMILES string of the molecule is CCc1ccc(CC)c(C(=O)c2cc(Cl)sc2Cl)c1. The summed E-state index contributed by atoms with van der Waals surface area (Å²) < 4.78 is 0.997. The Hall–Kier alpha value is -0.830. The average molecular weight is 313 g/mol. The highest BCUT2D eigenvalue weighted by Gasteiger charge is 2.18. The van der Waals surface area contributed by atoms with Gasteiger partial charge in [-0.3, -0.25) is 4.79 Å². The number of ketones is 1. The van der Waals surface area contributed by atoms with E-state index >= 15 is 0 Å². The lowest BCUT2D eigenvalue weighted by molar-refractivity contribution is 0.103. The molecule has 0 saturated heterocycles. The van der Waals surface area contributed by atoms with Crippen molar-refractivity contribution in [2.24, 2.45) is 0 Å². The van der Waals surface area contributed by atoms with Gasteiger partial charge in [0.15, 0.2) is 5.78 Å². The normalized spacial score (nSPS) is 10.7. The maximum atomic E-state index is 12.6. The van der Waals surface area contributed by atoms with Gasteiger partial charge in [-0.2, -0.15) is 0 Å². The molecule has 0 aliphatic rings. The highest BCUT2D eigenvalue weighted by Crippen LogP contribution is 2.33. The molecule has 0 spiro atoms. The summed E-state index contributed by atoms with van der Waals surface area (Å²) in [5.74, 6) is -0.0414. The summed E-state index contributed by atoms with van der Waals surface area (Å²) in [6, 6.07) is 7.70. The third-order valence-corrected chi connectivity index (χ3v) is 4.60. The van der Waals surface area contributed by atoms with Crippen LogP contribution < -0.4 is 0 Å². The van der Waals surface area contributed by atoms with Crippen molar-refractivity contribution in [1.29, 1.82) is 0 Å². The lowest BCUT2D eigenvalue weighted by Gasteiger charge is -2.08. The molecule has 4 heteroatoms. The lowest BCUT2D eigenvalue weighted by Crippen LogP contribution is -2.05. The molecule has 0 bridgehead atoms. The van der Waals surface area contributed by atoms with E-state index in [2.05, 4.69) is 13.0 Å². The Morgan fingerprint density at radius 1 is 1.11 bits per heavy atom. The first kappa shape index (κ1) is 14.6. The van der Waals surface area contributed by atoms with Crippen LogP contribution in [0.15, 0.2) is 24.3 Å². The molecule has 0 fully saturated rings. The van der Waals surface area contributed by atoms with Crippen molar-refractivity contribution in [1.82, 2.24) is 0 Å². The van der Waals surface area contributed by atoms with Crippen LogP contribution in [0.5, 0.6) is 0 Å². The number of carbonyl (C=O) groups is 1. The maximum absolute atomic E-state index is 12.6. The first-order valence-electron chi connectivity index (χ1n) is 6.18. The number of rotatable bonds is 4. The molecule has 0 amide bonds. The van der Waals surface area contributed by atoms with Crippen molar-refractivity contribution < 1.29 is 4.79 Å². The van der Waals surface area contributed by atoms with E-state index in [1.165, 1.54) is 11.3 Å². The second-order valence-electron chi connectivity index (χ2n) is 4.27. The van der Waals surface area contributed by atoms with Gasteiger partial charge in [0, 0.05) is 5.56 Å². The highest BCUT2D eigenvalue weighted by molar-refractivity contribution is 7.20. The van der Waals surface area contributed by atoms with Crippen molar-refractivity contribution in [3.8, 4) is 0 Å². The van der Waals surface area contributed by atoms with Gasteiger partial charge in [0.2, 0.25) is 0 Å². The van der Waals surface area contributed by atoms with Crippen molar-refractivity contribution in [2.75, 3.05) is 0 Å². The molecule has 1 nitrogen and oxygen atoms in total. The molecule has 0 aliphatic heterocycles. The molecule has 0 saturated carbocycles. The quantitative estimate of drug-likeness (QED) is 0.690. The minimum atomic E-state index is -0.0414. The maximum Gasteiger partial charge on any atom is 0.195 e. The minimum Gasteiger partial charge on any atom is -0.289 e. The van der Waals surface area contributed by atoms with Gasteiger partial charge < -0.3 is 0 Å². The molecule has 2 rings (SSSR count). The molecule has 1 heterocycles. The molecule has 19 heavy (non-hydrogen) atoms. The van der Waals surface area contributed by atoms with Gasteiger partial charge in [-0.25, -0.2) is 0 Å². The summed E-state index contributed by atoms with van der Waals surface area (Å²) in [6.45, 7) is 4.11. The summed E-state index contributed by atoms with van der Waals surface area (Å²) in [5, 5.41) is 0. The molecule has 2 aromatic rings. The molecule has 0 N–H and O–H groups in total.